The van der Waals surface area contributed by atoms with Gasteiger partial charge in [0.25, 0.3) is 0 Å². The van der Waals surface area contributed by atoms with Crippen molar-refractivity contribution in [3.8, 4) is 22.9 Å². The second-order valence-corrected chi connectivity index (χ2v) is 7.49. The van der Waals surface area contributed by atoms with Gasteiger partial charge in [-0.05, 0) is 55.0 Å². The van der Waals surface area contributed by atoms with Gasteiger partial charge in [0, 0.05) is 31.0 Å². The van der Waals surface area contributed by atoms with Crippen molar-refractivity contribution < 1.29 is 9.53 Å². The van der Waals surface area contributed by atoms with E-state index in [9.17, 15) is 4.79 Å². The van der Waals surface area contributed by atoms with Crippen LogP contribution in [0.25, 0.3) is 11.3 Å². The molecule has 0 aliphatic rings. The molecule has 2 amide bonds. The van der Waals surface area contributed by atoms with Crippen LogP contribution in [0.3, 0.4) is 0 Å². The Morgan fingerprint density at radius 2 is 1.73 bits per heavy atom. The van der Waals surface area contributed by atoms with E-state index in [-0.39, 0.29) is 6.03 Å². The van der Waals surface area contributed by atoms with Crippen LogP contribution in [0, 0.1) is 6.92 Å². The molecule has 0 saturated carbocycles. The molecule has 0 atom stereocenters. The largest absolute Gasteiger partial charge is 0.438 e. The number of amides is 2. The number of nitrogens with zero attached hydrogens (tertiary/aromatic N) is 3. The maximum Gasteiger partial charge on any atom is 0.319 e. The Kier molecular flexibility index (Phi) is 6.90. The summed E-state index contributed by atoms with van der Waals surface area (Å²) in [6, 6.07) is 20.5. The van der Waals surface area contributed by atoms with E-state index < -0.39 is 0 Å². The second kappa shape index (κ2) is 10.4. The summed E-state index contributed by atoms with van der Waals surface area (Å²) in [5, 5.41) is 5.68. The molecule has 2 aromatic heterocycles. The van der Waals surface area contributed by atoms with Crippen molar-refractivity contribution in [3.05, 3.63) is 96.1 Å². The molecule has 0 bridgehead atoms. The zero-order valence-corrected chi connectivity index (χ0v) is 18.6. The number of carbonyl (C=O) groups excluding carboxylic acids is 1. The van der Waals surface area contributed by atoms with Crippen molar-refractivity contribution in [2.75, 3.05) is 5.32 Å². The number of aromatic nitrogens is 3. The Bertz CT molecular complexity index is 1220. The number of nitrogens with one attached hydrogen (secondary N) is 2. The van der Waals surface area contributed by atoms with E-state index in [1.165, 1.54) is 5.56 Å². The summed E-state index contributed by atoms with van der Waals surface area (Å²) in [6.07, 6.45) is 4.16. The SMILES string of the molecule is CCc1nccc(-c2cccnc2Oc2ccc(NC(=O)NCc3ccc(C)cc3)cc2)n1. The van der Waals surface area contributed by atoms with Crippen molar-refractivity contribution in [3.63, 3.8) is 0 Å². The maximum atomic E-state index is 12.2. The van der Waals surface area contributed by atoms with Crippen molar-refractivity contribution in [2.45, 2.75) is 26.8 Å². The molecule has 7 heteroatoms. The maximum absolute atomic E-state index is 12.2. The van der Waals surface area contributed by atoms with Gasteiger partial charge in [-0.1, -0.05) is 36.8 Å². The number of pyridine rings is 1. The summed E-state index contributed by atoms with van der Waals surface area (Å²) in [4.78, 5) is 25.4. The lowest BCUT2D eigenvalue weighted by atomic mass is 10.1. The standard InChI is InChI=1S/C26H25N5O2/c1-3-24-27-16-14-23(31-24)22-5-4-15-28-25(22)33-21-12-10-20(11-13-21)30-26(32)29-17-19-8-6-18(2)7-9-19/h4-16H,3,17H2,1-2H3,(H2,29,30,32). The van der Waals surface area contributed by atoms with E-state index in [0.29, 0.717) is 23.9 Å². The highest BCUT2D eigenvalue weighted by Gasteiger charge is 2.11. The van der Waals surface area contributed by atoms with E-state index in [1.807, 2.05) is 56.3 Å². The van der Waals surface area contributed by atoms with E-state index in [4.69, 9.17) is 4.74 Å². The minimum Gasteiger partial charge on any atom is -0.438 e. The highest BCUT2D eigenvalue weighted by molar-refractivity contribution is 5.89. The Labute approximate surface area is 192 Å². The molecule has 7 nitrogen and oxygen atoms in total. The van der Waals surface area contributed by atoms with Gasteiger partial charge in [0.1, 0.15) is 11.6 Å². The third-order valence-electron chi connectivity index (χ3n) is 4.97. The summed E-state index contributed by atoms with van der Waals surface area (Å²) in [5.41, 5.74) is 4.43. The highest BCUT2D eigenvalue weighted by Crippen LogP contribution is 2.30. The highest BCUT2D eigenvalue weighted by atomic mass is 16.5. The molecule has 2 heterocycles. The van der Waals surface area contributed by atoms with Gasteiger partial charge in [0.2, 0.25) is 5.88 Å². The number of anilines is 1. The van der Waals surface area contributed by atoms with Gasteiger partial charge in [-0.25, -0.2) is 19.7 Å². The average Bonchev–Trinajstić information content (AvgIpc) is 2.85. The fourth-order valence-electron chi connectivity index (χ4n) is 3.17. The van der Waals surface area contributed by atoms with Gasteiger partial charge < -0.3 is 15.4 Å². The number of hydrogen-bond acceptors (Lipinski definition) is 5. The molecule has 2 N–H and O–H groups in total. The van der Waals surface area contributed by atoms with Crippen LogP contribution in [0.4, 0.5) is 10.5 Å². The third kappa shape index (κ3) is 5.92. The van der Waals surface area contributed by atoms with Crippen molar-refractivity contribution in [2.24, 2.45) is 0 Å². The second-order valence-electron chi connectivity index (χ2n) is 7.49. The molecule has 4 aromatic rings. The number of ether oxygens (including phenoxy) is 1. The normalized spacial score (nSPS) is 10.5. The van der Waals surface area contributed by atoms with E-state index in [0.717, 1.165) is 29.1 Å². The zero-order chi connectivity index (χ0) is 23.0. The molecule has 0 saturated heterocycles. The minimum atomic E-state index is -0.272. The average molecular weight is 440 g/mol. The predicted molar refractivity (Wildman–Crippen MR) is 128 cm³/mol. The van der Waals surface area contributed by atoms with Gasteiger partial charge in [0.05, 0.1) is 11.3 Å². The molecule has 0 aliphatic heterocycles. The molecule has 0 fully saturated rings. The van der Waals surface area contributed by atoms with E-state index >= 15 is 0 Å². The monoisotopic (exact) mass is 439 g/mol. The Hall–Kier alpha value is -4.26. The van der Waals surface area contributed by atoms with Crippen LogP contribution in [0.5, 0.6) is 11.6 Å². The molecule has 0 unspecified atom stereocenters. The topological polar surface area (TPSA) is 89.0 Å². The van der Waals surface area contributed by atoms with Crippen LogP contribution in [0.2, 0.25) is 0 Å². The third-order valence-corrected chi connectivity index (χ3v) is 4.97. The summed E-state index contributed by atoms with van der Waals surface area (Å²) in [7, 11) is 0. The first-order valence-corrected chi connectivity index (χ1v) is 10.8. The van der Waals surface area contributed by atoms with Gasteiger partial charge >= 0.3 is 6.03 Å². The summed E-state index contributed by atoms with van der Waals surface area (Å²) in [5.74, 6) is 1.82. The molecular formula is C26H25N5O2. The number of carbonyl (C=O) groups is 1. The first-order chi connectivity index (χ1) is 16.1. The van der Waals surface area contributed by atoms with Crippen LogP contribution in [-0.2, 0) is 13.0 Å². The fourth-order valence-corrected chi connectivity index (χ4v) is 3.17. The Balaban J connectivity index is 1.39. The summed E-state index contributed by atoms with van der Waals surface area (Å²) in [6.45, 7) is 4.50. The number of benzene rings is 2. The lowest BCUT2D eigenvalue weighted by molar-refractivity contribution is 0.251. The van der Waals surface area contributed by atoms with Gasteiger partial charge in [-0.3, -0.25) is 0 Å². The van der Waals surface area contributed by atoms with Crippen LogP contribution in [0.15, 0.2) is 79.1 Å². The number of urea groups is 1. The van der Waals surface area contributed by atoms with E-state index in [1.54, 1.807) is 36.7 Å². The lowest BCUT2D eigenvalue weighted by Crippen LogP contribution is -2.28. The molecule has 0 aliphatic carbocycles. The fraction of sp³-hybridized carbons (Fsp3) is 0.154. The number of aryl methyl sites for hydroxylation is 2. The van der Waals surface area contributed by atoms with Gasteiger partial charge in [-0.15, -0.1) is 0 Å². The Morgan fingerprint density at radius 3 is 2.48 bits per heavy atom. The molecule has 0 spiro atoms. The van der Waals surface area contributed by atoms with E-state index in [2.05, 4.69) is 25.6 Å². The van der Waals surface area contributed by atoms with Crippen LogP contribution in [-0.4, -0.2) is 21.0 Å². The predicted octanol–water partition coefficient (Wildman–Crippen LogP) is 5.52. The molecular weight excluding hydrogens is 414 g/mol. The van der Waals surface area contributed by atoms with Crippen LogP contribution in [0.1, 0.15) is 23.9 Å². The first kappa shape index (κ1) is 22.0. The smallest absolute Gasteiger partial charge is 0.319 e. The quantitative estimate of drug-likeness (QED) is 0.396. The minimum absolute atomic E-state index is 0.272. The number of rotatable bonds is 7. The molecule has 4 rings (SSSR count). The number of hydrogen-bond donors (Lipinski definition) is 2. The van der Waals surface area contributed by atoms with Crippen molar-refractivity contribution in [1.82, 2.24) is 20.3 Å². The van der Waals surface area contributed by atoms with Gasteiger partial charge in [-0.2, -0.15) is 0 Å². The van der Waals surface area contributed by atoms with Gasteiger partial charge in [0.15, 0.2) is 0 Å². The molecule has 33 heavy (non-hydrogen) atoms. The zero-order valence-electron chi connectivity index (χ0n) is 18.6. The summed E-state index contributed by atoms with van der Waals surface area (Å²) < 4.78 is 6.01. The van der Waals surface area contributed by atoms with Crippen molar-refractivity contribution in [1.29, 1.82) is 0 Å². The van der Waals surface area contributed by atoms with Crippen LogP contribution >= 0.6 is 0 Å². The van der Waals surface area contributed by atoms with Crippen molar-refractivity contribution >= 4 is 11.7 Å². The Morgan fingerprint density at radius 1 is 0.939 bits per heavy atom. The molecule has 166 valence electrons. The van der Waals surface area contributed by atoms with Crippen LogP contribution < -0.4 is 15.4 Å². The lowest BCUT2D eigenvalue weighted by Gasteiger charge is -2.11. The summed E-state index contributed by atoms with van der Waals surface area (Å²) >= 11 is 0. The molecule has 2 aromatic carbocycles. The first-order valence-electron chi connectivity index (χ1n) is 10.8. The molecule has 0 radical (unpaired) electrons.